The second-order valence-electron chi connectivity index (χ2n) is 7.71. The van der Waals surface area contributed by atoms with Crippen molar-refractivity contribution < 1.29 is 14.3 Å². The van der Waals surface area contributed by atoms with Gasteiger partial charge in [0.2, 0.25) is 5.91 Å². The number of aliphatic hydroxyl groups excluding tert-OH is 1. The maximum atomic E-state index is 14.1. The number of nitrogens with one attached hydrogen (secondary N) is 1. The highest BCUT2D eigenvalue weighted by Gasteiger charge is 2.34. The molecule has 30 heavy (non-hydrogen) atoms. The molecule has 158 valence electrons. The molecule has 0 aliphatic heterocycles. The predicted octanol–water partition coefficient (Wildman–Crippen LogP) is 3.24. The molecular formula is C22H24ClFN4O2. The van der Waals surface area contributed by atoms with Crippen molar-refractivity contribution in [3.63, 3.8) is 0 Å². The number of pyridine rings is 1. The number of hydrogen-bond donors (Lipinski definition) is 2. The molecule has 0 radical (unpaired) electrons. The average molecular weight is 431 g/mol. The Labute approximate surface area is 179 Å². The molecule has 1 saturated carbocycles. The molecule has 1 atom stereocenters. The van der Waals surface area contributed by atoms with E-state index in [1.54, 1.807) is 42.3 Å². The Hall–Kier alpha value is -2.48. The molecule has 1 aliphatic rings. The fourth-order valence-electron chi connectivity index (χ4n) is 3.63. The molecule has 0 bridgehead atoms. The number of carbonyl (C=O) groups excluding carboxylic acids is 1. The van der Waals surface area contributed by atoms with E-state index in [2.05, 4.69) is 10.3 Å². The van der Waals surface area contributed by atoms with Crippen molar-refractivity contribution in [3.05, 3.63) is 64.7 Å². The van der Waals surface area contributed by atoms with Gasteiger partial charge in [0.15, 0.2) is 0 Å². The van der Waals surface area contributed by atoms with Gasteiger partial charge in [-0.05, 0) is 37.5 Å². The van der Waals surface area contributed by atoms with Crippen molar-refractivity contribution in [2.75, 3.05) is 6.54 Å². The minimum atomic E-state index is -0.852. The molecular weight excluding hydrogens is 407 g/mol. The van der Waals surface area contributed by atoms with Crippen LogP contribution in [0.3, 0.4) is 0 Å². The monoisotopic (exact) mass is 430 g/mol. The number of aryl methyl sites for hydroxylation is 1. The summed E-state index contributed by atoms with van der Waals surface area (Å²) in [5.41, 5.74) is 1.68. The lowest BCUT2D eigenvalue weighted by atomic mass is 10.1. The Morgan fingerprint density at radius 1 is 1.40 bits per heavy atom. The lowest BCUT2D eigenvalue weighted by Crippen LogP contribution is -2.45. The molecule has 6 nitrogen and oxygen atoms in total. The maximum Gasteiger partial charge on any atom is 0.234 e. The SMILES string of the molecule is Cc1cccc(CNC(=O)CN(C(O)Cn2ccc3c(Cl)ccnc32)C2CC2)c1F. The predicted molar refractivity (Wildman–Crippen MR) is 113 cm³/mol. The number of nitrogens with zero attached hydrogens (tertiary/aromatic N) is 3. The van der Waals surface area contributed by atoms with E-state index in [-0.39, 0.29) is 37.4 Å². The highest BCUT2D eigenvalue weighted by atomic mass is 35.5. The molecule has 1 aromatic carbocycles. The molecule has 3 aromatic rings. The van der Waals surface area contributed by atoms with Gasteiger partial charge in [0.25, 0.3) is 0 Å². The van der Waals surface area contributed by atoms with Crippen LogP contribution >= 0.6 is 11.6 Å². The summed E-state index contributed by atoms with van der Waals surface area (Å²) < 4.78 is 16.0. The van der Waals surface area contributed by atoms with Gasteiger partial charge in [-0.3, -0.25) is 9.69 Å². The Bertz CT molecular complexity index is 1070. The number of hydrogen-bond acceptors (Lipinski definition) is 4. The number of aromatic nitrogens is 2. The van der Waals surface area contributed by atoms with E-state index in [1.807, 2.05) is 16.8 Å². The van der Waals surface area contributed by atoms with Crippen molar-refractivity contribution in [1.82, 2.24) is 19.8 Å². The zero-order chi connectivity index (χ0) is 21.3. The van der Waals surface area contributed by atoms with Crippen LogP contribution in [0.15, 0.2) is 42.7 Å². The van der Waals surface area contributed by atoms with Gasteiger partial charge in [0.1, 0.15) is 17.7 Å². The van der Waals surface area contributed by atoms with Gasteiger partial charge in [-0.25, -0.2) is 9.37 Å². The number of amides is 1. The van der Waals surface area contributed by atoms with Crippen molar-refractivity contribution in [1.29, 1.82) is 0 Å². The summed E-state index contributed by atoms with van der Waals surface area (Å²) in [5.74, 6) is -0.553. The smallest absolute Gasteiger partial charge is 0.234 e. The summed E-state index contributed by atoms with van der Waals surface area (Å²) >= 11 is 6.20. The van der Waals surface area contributed by atoms with Crippen molar-refractivity contribution in [3.8, 4) is 0 Å². The molecule has 1 fully saturated rings. The van der Waals surface area contributed by atoms with E-state index in [0.29, 0.717) is 21.8 Å². The van der Waals surface area contributed by atoms with Crippen LogP contribution in [-0.2, 0) is 17.9 Å². The summed E-state index contributed by atoms with van der Waals surface area (Å²) in [4.78, 5) is 18.6. The Morgan fingerprint density at radius 2 is 2.20 bits per heavy atom. The highest BCUT2D eigenvalue weighted by molar-refractivity contribution is 6.35. The lowest BCUT2D eigenvalue weighted by molar-refractivity contribution is -0.126. The molecule has 2 heterocycles. The molecule has 2 aromatic heterocycles. The molecule has 1 unspecified atom stereocenters. The minimum Gasteiger partial charge on any atom is -0.376 e. The average Bonchev–Trinajstić information content (AvgIpc) is 3.48. The fraction of sp³-hybridized carbons (Fsp3) is 0.364. The van der Waals surface area contributed by atoms with E-state index in [0.717, 1.165) is 18.2 Å². The minimum absolute atomic E-state index is 0.0483. The first-order chi connectivity index (χ1) is 14.4. The van der Waals surface area contributed by atoms with Crippen LogP contribution in [0.4, 0.5) is 4.39 Å². The number of halogens is 2. The van der Waals surface area contributed by atoms with Crippen LogP contribution in [0.1, 0.15) is 24.0 Å². The quantitative estimate of drug-likeness (QED) is 0.538. The summed E-state index contributed by atoms with van der Waals surface area (Å²) in [5, 5.41) is 15.0. The molecule has 1 amide bonds. The van der Waals surface area contributed by atoms with E-state index < -0.39 is 6.23 Å². The van der Waals surface area contributed by atoms with Gasteiger partial charge in [0.05, 0.1) is 18.1 Å². The van der Waals surface area contributed by atoms with Gasteiger partial charge in [-0.15, -0.1) is 0 Å². The first kappa shape index (κ1) is 20.8. The third kappa shape index (κ3) is 4.48. The van der Waals surface area contributed by atoms with E-state index in [9.17, 15) is 14.3 Å². The Morgan fingerprint density at radius 3 is 2.97 bits per heavy atom. The van der Waals surface area contributed by atoms with Crippen LogP contribution in [-0.4, -0.2) is 44.3 Å². The van der Waals surface area contributed by atoms with Crippen LogP contribution in [0.2, 0.25) is 5.02 Å². The Kier molecular flexibility index (Phi) is 6.04. The number of rotatable bonds is 8. The summed E-state index contributed by atoms with van der Waals surface area (Å²) in [6.07, 6.45) is 4.48. The summed E-state index contributed by atoms with van der Waals surface area (Å²) in [6.45, 7) is 2.13. The highest BCUT2D eigenvalue weighted by Crippen LogP contribution is 2.29. The van der Waals surface area contributed by atoms with Crippen LogP contribution in [0.5, 0.6) is 0 Å². The second kappa shape index (κ2) is 8.71. The molecule has 0 saturated heterocycles. The normalized spacial score (nSPS) is 15.0. The maximum absolute atomic E-state index is 14.1. The second-order valence-corrected chi connectivity index (χ2v) is 8.11. The van der Waals surface area contributed by atoms with Gasteiger partial charge in [-0.2, -0.15) is 0 Å². The largest absolute Gasteiger partial charge is 0.376 e. The number of fused-ring (bicyclic) bond motifs is 1. The molecule has 8 heteroatoms. The third-order valence-electron chi connectivity index (χ3n) is 5.44. The van der Waals surface area contributed by atoms with Crippen LogP contribution in [0, 0.1) is 12.7 Å². The van der Waals surface area contributed by atoms with Crippen molar-refractivity contribution >= 4 is 28.5 Å². The Balaban J connectivity index is 1.40. The van der Waals surface area contributed by atoms with E-state index in [4.69, 9.17) is 11.6 Å². The van der Waals surface area contributed by atoms with Gasteiger partial charge < -0.3 is 15.0 Å². The third-order valence-corrected chi connectivity index (χ3v) is 5.77. The standard InChI is InChI=1S/C22H24ClFN4O2/c1-14-3-2-4-15(21(14)24)11-26-19(29)12-28(16-5-6-16)20(30)13-27-10-8-17-18(23)7-9-25-22(17)27/h2-4,7-10,16,20,30H,5-6,11-13H2,1H3,(H,26,29). The number of benzene rings is 1. The number of aliphatic hydroxyl groups is 1. The first-order valence-electron chi connectivity index (χ1n) is 9.98. The van der Waals surface area contributed by atoms with Gasteiger partial charge >= 0.3 is 0 Å². The zero-order valence-electron chi connectivity index (χ0n) is 16.7. The summed E-state index contributed by atoms with van der Waals surface area (Å²) in [6, 6.07) is 8.87. The first-order valence-corrected chi connectivity index (χ1v) is 10.4. The van der Waals surface area contributed by atoms with Crippen molar-refractivity contribution in [2.45, 2.75) is 45.1 Å². The van der Waals surface area contributed by atoms with Crippen LogP contribution in [0.25, 0.3) is 11.0 Å². The van der Waals surface area contributed by atoms with Gasteiger partial charge in [0, 0.05) is 35.9 Å². The topological polar surface area (TPSA) is 70.4 Å². The fourth-order valence-corrected chi connectivity index (χ4v) is 3.83. The van der Waals surface area contributed by atoms with Crippen LogP contribution < -0.4 is 5.32 Å². The summed E-state index contributed by atoms with van der Waals surface area (Å²) in [7, 11) is 0. The molecule has 1 aliphatic carbocycles. The zero-order valence-corrected chi connectivity index (χ0v) is 17.4. The number of carbonyl (C=O) groups is 1. The lowest BCUT2D eigenvalue weighted by Gasteiger charge is -2.27. The molecule has 4 rings (SSSR count). The van der Waals surface area contributed by atoms with E-state index in [1.165, 1.54) is 0 Å². The van der Waals surface area contributed by atoms with E-state index >= 15 is 0 Å². The molecule has 2 N–H and O–H groups in total. The van der Waals surface area contributed by atoms with Crippen molar-refractivity contribution in [2.24, 2.45) is 0 Å². The van der Waals surface area contributed by atoms with Gasteiger partial charge in [-0.1, -0.05) is 29.8 Å². The molecule has 0 spiro atoms.